The Balaban J connectivity index is 1.74. The Hall–Kier alpha value is -2.10. The van der Waals surface area contributed by atoms with Crippen LogP contribution in [0.5, 0.6) is 5.75 Å². The Kier molecular flexibility index (Phi) is 4.98. The van der Waals surface area contributed by atoms with Crippen LogP contribution in [0.25, 0.3) is 11.0 Å². The summed E-state index contributed by atoms with van der Waals surface area (Å²) in [6.45, 7) is 1.28. The summed E-state index contributed by atoms with van der Waals surface area (Å²) in [4.78, 5) is 14.4. The van der Waals surface area contributed by atoms with E-state index in [4.69, 9.17) is 14.3 Å². The van der Waals surface area contributed by atoms with Crippen molar-refractivity contribution in [2.75, 3.05) is 26.7 Å². The maximum atomic E-state index is 12.7. The number of carbonyl (C=O) groups is 1. The largest absolute Gasteiger partial charge is 0.493 e. The van der Waals surface area contributed by atoms with Gasteiger partial charge in [-0.15, -0.1) is 0 Å². The van der Waals surface area contributed by atoms with Crippen molar-refractivity contribution in [2.45, 2.75) is 12.8 Å². The highest BCUT2D eigenvalue weighted by Gasteiger charge is 2.27. The third-order valence-corrected chi connectivity index (χ3v) is 4.89. The average Bonchev–Trinajstić information content (AvgIpc) is 3.03. The monoisotopic (exact) mass is 367 g/mol. The number of carbonyl (C=O) groups excluding carboxylic acids is 1. The third kappa shape index (κ3) is 4.12. The lowest BCUT2D eigenvalue weighted by molar-refractivity contribution is 0.0646. The molecule has 1 aromatic heterocycles. The number of nitrogens with one attached hydrogen (secondary N) is 1. The van der Waals surface area contributed by atoms with Crippen molar-refractivity contribution in [1.29, 1.82) is 0 Å². The molecule has 0 saturated carbocycles. The standard InChI is InChI=1S/C16H21N3O5S/c1-23-13-6-2-5-12-8-14(24-15(12)13)16(20)19-7-3-4-11(10-19)9-18-25(17,21)22/h2,5-6,8,11,18H,3-4,7,9-10H2,1H3,(H2,17,21,22). The number of benzene rings is 1. The van der Waals surface area contributed by atoms with Gasteiger partial charge in [0.25, 0.3) is 16.1 Å². The number of nitrogens with two attached hydrogens (primary N) is 1. The molecular formula is C16H21N3O5S. The topological polar surface area (TPSA) is 115 Å². The minimum Gasteiger partial charge on any atom is -0.493 e. The summed E-state index contributed by atoms with van der Waals surface area (Å²) in [5, 5.41) is 5.76. The molecule has 0 radical (unpaired) electrons. The number of methoxy groups -OCH3 is 1. The van der Waals surface area contributed by atoms with Gasteiger partial charge >= 0.3 is 0 Å². The summed E-state index contributed by atoms with van der Waals surface area (Å²) >= 11 is 0. The molecular weight excluding hydrogens is 346 g/mol. The molecule has 1 aliphatic heterocycles. The van der Waals surface area contributed by atoms with Crippen molar-refractivity contribution in [3.63, 3.8) is 0 Å². The maximum Gasteiger partial charge on any atom is 0.289 e. The first-order valence-corrected chi connectivity index (χ1v) is 9.55. The van der Waals surface area contributed by atoms with Crippen LogP contribution in [-0.4, -0.2) is 46.0 Å². The number of likely N-dealkylation sites (tertiary alicyclic amines) is 1. The van der Waals surface area contributed by atoms with Crippen LogP contribution in [0.1, 0.15) is 23.4 Å². The van der Waals surface area contributed by atoms with Crippen LogP contribution >= 0.6 is 0 Å². The van der Waals surface area contributed by atoms with Gasteiger partial charge in [-0.1, -0.05) is 12.1 Å². The summed E-state index contributed by atoms with van der Waals surface area (Å²) in [5.41, 5.74) is 0.540. The van der Waals surface area contributed by atoms with Gasteiger partial charge < -0.3 is 14.1 Å². The number of para-hydroxylation sites is 1. The first-order chi connectivity index (χ1) is 11.9. The first kappa shape index (κ1) is 17.7. The fourth-order valence-corrected chi connectivity index (χ4v) is 3.58. The van der Waals surface area contributed by atoms with E-state index in [0.717, 1.165) is 18.2 Å². The fourth-order valence-electron chi connectivity index (χ4n) is 3.11. The quantitative estimate of drug-likeness (QED) is 0.821. The molecule has 1 atom stereocenters. The van der Waals surface area contributed by atoms with Crippen LogP contribution in [0.4, 0.5) is 0 Å². The minimum atomic E-state index is -3.72. The SMILES string of the molecule is COc1cccc2cc(C(=O)N3CCCC(CNS(N)(=O)=O)C3)oc12. The van der Waals surface area contributed by atoms with Gasteiger partial charge in [0.2, 0.25) is 0 Å². The summed E-state index contributed by atoms with van der Waals surface area (Å²) in [6.07, 6.45) is 1.63. The molecule has 1 fully saturated rings. The molecule has 1 unspecified atom stereocenters. The average molecular weight is 367 g/mol. The highest BCUT2D eigenvalue weighted by molar-refractivity contribution is 7.87. The van der Waals surface area contributed by atoms with Gasteiger partial charge in [-0.2, -0.15) is 8.42 Å². The second-order valence-corrected chi connectivity index (χ2v) is 7.52. The lowest BCUT2D eigenvalue weighted by atomic mass is 9.98. The summed E-state index contributed by atoms with van der Waals surface area (Å²) in [5.74, 6) is 0.637. The lowest BCUT2D eigenvalue weighted by Crippen LogP contribution is -2.44. The van der Waals surface area contributed by atoms with Gasteiger partial charge in [-0.05, 0) is 30.9 Å². The van der Waals surface area contributed by atoms with E-state index in [2.05, 4.69) is 4.72 Å². The number of ether oxygens (including phenoxy) is 1. The van der Waals surface area contributed by atoms with E-state index in [-0.39, 0.29) is 24.1 Å². The first-order valence-electron chi connectivity index (χ1n) is 8.00. The molecule has 136 valence electrons. The number of hydrogen-bond acceptors (Lipinski definition) is 5. The zero-order valence-electron chi connectivity index (χ0n) is 13.9. The van der Waals surface area contributed by atoms with Crippen LogP contribution < -0.4 is 14.6 Å². The molecule has 3 N–H and O–H groups in total. The number of hydrogen-bond donors (Lipinski definition) is 2. The van der Waals surface area contributed by atoms with Crippen LogP contribution in [0, 0.1) is 5.92 Å². The molecule has 1 aliphatic rings. The van der Waals surface area contributed by atoms with Crippen molar-refractivity contribution in [3.05, 3.63) is 30.0 Å². The van der Waals surface area contributed by atoms with Crippen molar-refractivity contribution < 1.29 is 22.4 Å². The van der Waals surface area contributed by atoms with Crippen LogP contribution in [0.3, 0.4) is 0 Å². The number of amides is 1. The second-order valence-electron chi connectivity index (χ2n) is 6.14. The molecule has 0 spiro atoms. The highest BCUT2D eigenvalue weighted by atomic mass is 32.2. The molecule has 1 amide bonds. The Bertz CT molecular complexity index is 877. The minimum absolute atomic E-state index is 0.0231. The zero-order chi connectivity index (χ0) is 18.0. The van der Waals surface area contributed by atoms with Gasteiger partial charge in [0.15, 0.2) is 17.1 Å². The van der Waals surface area contributed by atoms with Crippen LogP contribution in [0.2, 0.25) is 0 Å². The van der Waals surface area contributed by atoms with Crippen molar-refractivity contribution in [2.24, 2.45) is 11.1 Å². The number of nitrogens with zero attached hydrogens (tertiary/aromatic N) is 1. The molecule has 0 aliphatic carbocycles. The number of fused-ring (bicyclic) bond motifs is 1. The predicted octanol–water partition coefficient (Wildman–Crippen LogP) is 1.09. The molecule has 1 saturated heterocycles. The van der Waals surface area contributed by atoms with Crippen LogP contribution in [-0.2, 0) is 10.2 Å². The van der Waals surface area contributed by atoms with E-state index in [9.17, 15) is 13.2 Å². The normalized spacial score (nSPS) is 18.5. The summed E-state index contributed by atoms with van der Waals surface area (Å²) in [6, 6.07) is 7.16. The number of furan rings is 1. The van der Waals surface area contributed by atoms with E-state index in [0.29, 0.717) is 24.4 Å². The molecule has 2 aromatic rings. The number of rotatable bonds is 5. The molecule has 1 aromatic carbocycles. The molecule has 25 heavy (non-hydrogen) atoms. The Morgan fingerprint density at radius 2 is 2.28 bits per heavy atom. The molecule has 2 heterocycles. The van der Waals surface area contributed by atoms with E-state index in [1.807, 2.05) is 12.1 Å². The Labute approximate surface area is 146 Å². The van der Waals surface area contributed by atoms with Gasteiger partial charge in [0.05, 0.1) is 7.11 Å². The van der Waals surface area contributed by atoms with Crippen molar-refractivity contribution in [3.8, 4) is 5.75 Å². The van der Waals surface area contributed by atoms with Crippen molar-refractivity contribution >= 4 is 27.1 Å². The van der Waals surface area contributed by atoms with E-state index in [1.165, 1.54) is 0 Å². The lowest BCUT2D eigenvalue weighted by Gasteiger charge is -2.32. The Morgan fingerprint density at radius 3 is 3.00 bits per heavy atom. The van der Waals surface area contributed by atoms with Gasteiger partial charge in [-0.3, -0.25) is 4.79 Å². The number of piperidine rings is 1. The molecule has 3 rings (SSSR count). The Morgan fingerprint density at radius 1 is 1.48 bits per heavy atom. The summed E-state index contributed by atoms with van der Waals surface area (Å²) in [7, 11) is -2.18. The van der Waals surface area contributed by atoms with Gasteiger partial charge in [-0.25, -0.2) is 9.86 Å². The van der Waals surface area contributed by atoms with Gasteiger partial charge in [0.1, 0.15) is 0 Å². The zero-order valence-corrected chi connectivity index (χ0v) is 14.7. The van der Waals surface area contributed by atoms with E-state index < -0.39 is 10.2 Å². The highest BCUT2D eigenvalue weighted by Crippen LogP contribution is 2.29. The smallest absolute Gasteiger partial charge is 0.289 e. The second kappa shape index (κ2) is 7.03. The predicted molar refractivity (Wildman–Crippen MR) is 92.5 cm³/mol. The maximum absolute atomic E-state index is 12.7. The van der Waals surface area contributed by atoms with Crippen LogP contribution in [0.15, 0.2) is 28.7 Å². The summed E-state index contributed by atoms with van der Waals surface area (Å²) < 4.78 is 35.3. The molecule has 8 nitrogen and oxygen atoms in total. The van der Waals surface area contributed by atoms with E-state index >= 15 is 0 Å². The third-order valence-electron chi connectivity index (χ3n) is 4.32. The fraction of sp³-hybridized carbons (Fsp3) is 0.438. The van der Waals surface area contributed by atoms with Crippen molar-refractivity contribution in [1.82, 2.24) is 9.62 Å². The molecule has 0 bridgehead atoms. The van der Waals surface area contributed by atoms with Gasteiger partial charge in [0, 0.05) is 25.0 Å². The van der Waals surface area contributed by atoms with E-state index in [1.54, 1.807) is 24.1 Å². The molecule has 9 heteroatoms.